The van der Waals surface area contributed by atoms with Gasteiger partial charge in [-0.3, -0.25) is 4.79 Å². The molecule has 2 rings (SSSR count). The molecule has 20 heavy (non-hydrogen) atoms. The van der Waals surface area contributed by atoms with Crippen molar-refractivity contribution in [1.29, 1.82) is 0 Å². The van der Waals surface area contributed by atoms with E-state index < -0.39 is 5.82 Å². The second kappa shape index (κ2) is 6.32. The first kappa shape index (κ1) is 14.9. The highest BCUT2D eigenvalue weighted by atomic mass is 79.9. The second-order valence-electron chi connectivity index (χ2n) is 4.43. The highest BCUT2D eigenvalue weighted by Gasteiger charge is 2.25. The Morgan fingerprint density at radius 1 is 1.55 bits per heavy atom. The molecule has 0 aromatic heterocycles. The largest absolute Gasteiger partial charge is 0.466 e. The summed E-state index contributed by atoms with van der Waals surface area (Å²) in [6, 6.07) is 3.21. The third kappa shape index (κ3) is 2.99. The van der Waals surface area contributed by atoms with Crippen LogP contribution in [-0.2, 0) is 9.53 Å². The average molecular weight is 345 g/mol. The van der Waals surface area contributed by atoms with E-state index in [2.05, 4.69) is 26.5 Å². The summed E-state index contributed by atoms with van der Waals surface area (Å²) in [6.07, 6.45) is 0.290. The maximum atomic E-state index is 14.4. The summed E-state index contributed by atoms with van der Waals surface area (Å²) in [7, 11) is 1.49. The van der Waals surface area contributed by atoms with Gasteiger partial charge in [0.1, 0.15) is 11.6 Å². The van der Waals surface area contributed by atoms with Crippen LogP contribution in [0, 0.1) is 11.7 Å². The zero-order valence-corrected chi connectivity index (χ0v) is 12.7. The molecule has 1 N–H and O–H groups in total. The summed E-state index contributed by atoms with van der Waals surface area (Å²) in [5.41, 5.74) is 3.23. The maximum absolute atomic E-state index is 14.4. The van der Waals surface area contributed by atoms with Crippen LogP contribution in [0.3, 0.4) is 0 Å². The van der Waals surface area contributed by atoms with Crippen molar-refractivity contribution in [2.24, 2.45) is 11.0 Å². The van der Waals surface area contributed by atoms with E-state index in [-0.39, 0.29) is 29.5 Å². The molecule has 1 amide bonds. The Hall–Kier alpha value is -1.47. The van der Waals surface area contributed by atoms with Crippen molar-refractivity contribution in [1.82, 2.24) is 5.43 Å². The van der Waals surface area contributed by atoms with Crippen molar-refractivity contribution in [3.05, 3.63) is 28.0 Å². The molecular formula is C13H14BrFN2O3. The molecule has 108 valence electrons. The fourth-order valence-corrected chi connectivity index (χ4v) is 2.40. The van der Waals surface area contributed by atoms with E-state index >= 15 is 0 Å². The van der Waals surface area contributed by atoms with Gasteiger partial charge < -0.3 is 9.47 Å². The smallest absolute Gasteiger partial charge is 0.240 e. The minimum Gasteiger partial charge on any atom is -0.466 e. The summed E-state index contributed by atoms with van der Waals surface area (Å²) in [4.78, 5) is 11.2. The molecule has 7 heteroatoms. The fraction of sp³-hybridized carbons (Fsp3) is 0.385. The Kier molecular flexibility index (Phi) is 4.72. The minimum atomic E-state index is -0.472. The standard InChI is InChI=1S/C13H14BrFN2O3/c1-7-5-10(18)16-17-13(7)8-3-4-9(20-6-19-2)11(14)12(8)15/h3-4,7H,5-6H2,1-2H3,(H,16,18). The number of amides is 1. The third-order valence-electron chi connectivity index (χ3n) is 2.91. The van der Waals surface area contributed by atoms with Crippen LogP contribution >= 0.6 is 15.9 Å². The zero-order valence-electron chi connectivity index (χ0n) is 11.1. The molecule has 1 unspecified atom stereocenters. The Morgan fingerprint density at radius 2 is 2.30 bits per heavy atom. The highest BCUT2D eigenvalue weighted by molar-refractivity contribution is 9.10. The van der Waals surface area contributed by atoms with Gasteiger partial charge in [-0.25, -0.2) is 9.82 Å². The van der Waals surface area contributed by atoms with Crippen LogP contribution in [0.5, 0.6) is 5.75 Å². The van der Waals surface area contributed by atoms with E-state index in [1.165, 1.54) is 7.11 Å². The molecule has 0 radical (unpaired) electrons. The molecule has 1 aromatic rings. The average Bonchev–Trinajstić information content (AvgIpc) is 2.41. The molecule has 5 nitrogen and oxygen atoms in total. The first-order valence-corrected chi connectivity index (χ1v) is 6.80. The molecule has 0 spiro atoms. The highest BCUT2D eigenvalue weighted by Crippen LogP contribution is 2.32. The summed E-state index contributed by atoms with van der Waals surface area (Å²) in [5, 5.41) is 3.95. The van der Waals surface area contributed by atoms with Crippen molar-refractivity contribution in [3.63, 3.8) is 0 Å². The lowest BCUT2D eigenvalue weighted by molar-refractivity contribution is -0.121. The van der Waals surface area contributed by atoms with Crippen LogP contribution in [0.15, 0.2) is 21.7 Å². The number of hydrogen-bond acceptors (Lipinski definition) is 4. The lowest BCUT2D eigenvalue weighted by atomic mass is 9.94. The molecule has 1 aromatic carbocycles. The van der Waals surface area contributed by atoms with Gasteiger partial charge in [-0.1, -0.05) is 6.92 Å². The maximum Gasteiger partial charge on any atom is 0.240 e. The number of hydrazone groups is 1. The Labute approximate surface area is 124 Å². The Balaban J connectivity index is 2.34. The number of benzene rings is 1. The van der Waals surface area contributed by atoms with Crippen LogP contribution in [0.1, 0.15) is 18.9 Å². The van der Waals surface area contributed by atoms with E-state index in [1.807, 2.05) is 6.92 Å². The van der Waals surface area contributed by atoms with Gasteiger partial charge in [0.2, 0.25) is 5.91 Å². The van der Waals surface area contributed by atoms with Crippen LogP contribution in [0.2, 0.25) is 0 Å². The number of halogens is 2. The number of carbonyl (C=O) groups is 1. The van der Waals surface area contributed by atoms with Crippen molar-refractivity contribution in [2.75, 3.05) is 13.9 Å². The molecule has 0 fully saturated rings. The number of nitrogens with one attached hydrogen (secondary N) is 1. The number of nitrogens with zero attached hydrogens (tertiary/aromatic N) is 1. The van der Waals surface area contributed by atoms with E-state index in [1.54, 1.807) is 12.1 Å². The van der Waals surface area contributed by atoms with Crippen LogP contribution in [0.25, 0.3) is 0 Å². The first-order chi connectivity index (χ1) is 9.54. The molecular weight excluding hydrogens is 331 g/mol. The second-order valence-corrected chi connectivity index (χ2v) is 5.22. The van der Waals surface area contributed by atoms with Gasteiger partial charge in [-0.2, -0.15) is 5.10 Å². The molecule has 0 bridgehead atoms. The van der Waals surface area contributed by atoms with Gasteiger partial charge in [0.25, 0.3) is 0 Å². The van der Waals surface area contributed by atoms with Gasteiger partial charge in [0, 0.05) is 25.0 Å². The molecule has 1 aliphatic rings. The van der Waals surface area contributed by atoms with Gasteiger partial charge in [0.05, 0.1) is 10.2 Å². The predicted octanol–water partition coefficient (Wildman–Crippen LogP) is 2.43. The SMILES string of the molecule is COCOc1ccc(C2=NNC(=O)CC2C)c(F)c1Br. The summed E-state index contributed by atoms with van der Waals surface area (Å²) < 4.78 is 24.6. The predicted molar refractivity (Wildman–Crippen MR) is 75.1 cm³/mol. The van der Waals surface area contributed by atoms with Crippen LogP contribution < -0.4 is 10.2 Å². The van der Waals surface area contributed by atoms with E-state index in [0.29, 0.717) is 17.0 Å². The Morgan fingerprint density at radius 3 is 2.95 bits per heavy atom. The summed E-state index contributed by atoms with van der Waals surface area (Å²) in [5.74, 6) is -0.432. The lowest BCUT2D eigenvalue weighted by Gasteiger charge is -2.20. The lowest BCUT2D eigenvalue weighted by Crippen LogP contribution is -2.32. The molecule has 0 saturated heterocycles. The Bertz CT molecular complexity index is 563. The van der Waals surface area contributed by atoms with E-state index in [9.17, 15) is 9.18 Å². The van der Waals surface area contributed by atoms with Gasteiger partial charge in [-0.05, 0) is 28.1 Å². The summed E-state index contributed by atoms with van der Waals surface area (Å²) >= 11 is 3.16. The number of methoxy groups -OCH3 is 1. The van der Waals surface area contributed by atoms with Crippen LogP contribution in [-0.4, -0.2) is 25.5 Å². The fourth-order valence-electron chi connectivity index (χ4n) is 1.94. The third-order valence-corrected chi connectivity index (χ3v) is 3.65. The van der Waals surface area contributed by atoms with Crippen molar-refractivity contribution < 1.29 is 18.7 Å². The zero-order chi connectivity index (χ0) is 14.7. The van der Waals surface area contributed by atoms with Gasteiger partial charge in [-0.15, -0.1) is 0 Å². The molecule has 1 atom stereocenters. The van der Waals surface area contributed by atoms with E-state index in [4.69, 9.17) is 9.47 Å². The monoisotopic (exact) mass is 344 g/mol. The van der Waals surface area contributed by atoms with Crippen molar-refractivity contribution in [3.8, 4) is 5.75 Å². The molecule has 1 aliphatic heterocycles. The molecule has 0 aliphatic carbocycles. The molecule has 1 heterocycles. The topological polar surface area (TPSA) is 59.9 Å². The quantitative estimate of drug-likeness (QED) is 0.853. The minimum absolute atomic E-state index is 0.0325. The number of carbonyl (C=O) groups excluding carboxylic acids is 1. The first-order valence-electron chi connectivity index (χ1n) is 6.01. The molecule has 0 saturated carbocycles. The summed E-state index contributed by atoms with van der Waals surface area (Å²) in [6.45, 7) is 1.87. The van der Waals surface area contributed by atoms with Crippen molar-refractivity contribution >= 4 is 27.5 Å². The van der Waals surface area contributed by atoms with Crippen molar-refractivity contribution in [2.45, 2.75) is 13.3 Å². The van der Waals surface area contributed by atoms with Gasteiger partial charge >= 0.3 is 0 Å². The normalized spacial score (nSPS) is 18.5. The number of ether oxygens (including phenoxy) is 2. The van der Waals surface area contributed by atoms with E-state index in [0.717, 1.165) is 0 Å². The number of rotatable bonds is 4. The number of hydrogen-bond donors (Lipinski definition) is 1. The van der Waals surface area contributed by atoms with Gasteiger partial charge in [0.15, 0.2) is 6.79 Å². The van der Waals surface area contributed by atoms with Crippen LogP contribution in [0.4, 0.5) is 4.39 Å².